The summed E-state index contributed by atoms with van der Waals surface area (Å²) in [5, 5.41) is 10.1. The van der Waals surface area contributed by atoms with Crippen LogP contribution >= 0.6 is 11.9 Å². The van der Waals surface area contributed by atoms with Crippen molar-refractivity contribution in [3.05, 3.63) is 29.8 Å². The molecule has 0 saturated heterocycles. The van der Waals surface area contributed by atoms with Gasteiger partial charge in [-0.1, -0.05) is 24.1 Å². The molecule has 1 aromatic rings. The Hall–Kier alpha value is -0.710. The molecule has 1 aliphatic rings. The van der Waals surface area contributed by atoms with Gasteiger partial charge in [0.05, 0.1) is 13.2 Å². The second kappa shape index (κ2) is 7.02. The summed E-state index contributed by atoms with van der Waals surface area (Å²) < 4.78 is 8.55. The van der Waals surface area contributed by atoms with Crippen molar-refractivity contribution in [1.82, 2.24) is 4.72 Å². The van der Waals surface area contributed by atoms with Crippen LogP contribution < -0.4 is 9.46 Å². The number of ether oxygens (including phenoxy) is 1. The highest BCUT2D eigenvalue weighted by atomic mass is 32.2. The van der Waals surface area contributed by atoms with E-state index >= 15 is 0 Å². The lowest BCUT2D eigenvalue weighted by Gasteiger charge is -2.24. The van der Waals surface area contributed by atoms with Gasteiger partial charge in [0, 0.05) is 11.8 Å². The molecule has 1 fully saturated rings. The predicted molar refractivity (Wildman–Crippen MR) is 75.7 cm³/mol. The van der Waals surface area contributed by atoms with Crippen molar-refractivity contribution in [2.24, 2.45) is 0 Å². The first kappa shape index (κ1) is 13.7. The molecule has 0 aromatic heterocycles. The summed E-state index contributed by atoms with van der Waals surface area (Å²) in [6, 6.07) is 8.13. The summed E-state index contributed by atoms with van der Waals surface area (Å²) in [6.07, 6.45) is 4.05. The molecule has 0 bridgehead atoms. The van der Waals surface area contributed by atoms with Gasteiger partial charge < -0.3 is 9.84 Å². The van der Waals surface area contributed by atoms with E-state index in [9.17, 15) is 5.11 Å². The van der Waals surface area contributed by atoms with Gasteiger partial charge in [-0.05, 0) is 43.4 Å². The highest BCUT2D eigenvalue weighted by Crippen LogP contribution is 2.27. The lowest BCUT2D eigenvalue weighted by Crippen LogP contribution is -2.22. The van der Waals surface area contributed by atoms with E-state index in [1.54, 1.807) is 7.11 Å². The van der Waals surface area contributed by atoms with Gasteiger partial charge in [-0.15, -0.1) is 0 Å². The Morgan fingerprint density at radius 3 is 2.50 bits per heavy atom. The SMILES string of the molecule is COc1ccc(CNSC2CCC(O)CC2)cc1. The van der Waals surface area contributed by atoms with Crippen LogP contribution in [-0.2, 0) is 6.54 Å². The van der Waals surface area contributed by atoms with Gasteiger partial charge in [0.2, 0.25) is 0 Å². The average molecular weight is 267 g/mol. The van der Waals surface area contributed by atoms with Crippen LogP contribution in [0.5, 0.6) is 5.75 Å². The minimum absolute atomic E-state index is 0.0663. The maximum absolute atomic E-state index is 9.44. The van der Waals surface area contributed by atoms with Gasteiger partial charge in [-0.3, -0.25) is 4.72 Å². The quantitative estimate of drug-likeness (QED) is 0.805. The van der Waals surface area contributed by atoms with E-state index in [2.05, 4.69) is 16.9 Å². The molecule has 4 heteroatoms. The highest BCUT2D eigenvalue weighted by molar-refractivity contribution is 7.98. The van der Waals surface area contributed by atoms with Crippen LogP contribution in [0.1, 0.15) is 31.2 Å². The van der Waals surface area contributed by atoms with Gasteiger partial charge in [-0.2, -0.15) is 0 Å². The summed E-state index contributed by atoms with van der Waals surface area (Å²) in [6.45, 7) is 0.869. The van der Waals surface area contributed by atoms with Crippen LogP contribution in [0.2, 0.25) is 0 Å². The predicted octanol–water partition coefficient (Wildman–Crippen LogP) is 2.74. The molecule has 0 aliphatic heterocycles. The van der Waals surface area contributed by atoms with Crippen molar-refractivity contribution in [1.29, 1.82) is 0 Å². The van der Waals surface area contributed by atoms with E-state index in [1.807, 2.05) is 24.1 Å². The number of nitrogens with one attached hydrogen (secondary N) is 1. The molecule has 100 valence electrons. The van der Waals surface area contributed by atoms with Crippen LogP contribution in [0.3, 0.4) is 0 Å². The Kier molecular flexibility index (Phi) is 5.35. The fourth-order valence-corrected chi connectivity index (χ4v) is 3.14. The molecule has 1 aromatic carbocycles. The molecule has 0 spiro atoms. The van der Waals surface area contributed by atoms with Crippen LogP contribution in [0.15, 0.2) is 24.3 Å². The van der Waals surface area contributed by atoms with Crippen LogP contribution in [0.4, 0.5) is 0 Å². The standard InChI is InChI=1S/C14H21NO2S/c1-17-13-6-2-11(3-7-13)10-15-18-14-8-4-12(16)5-9-14/h2-3,6-7,12,14-16H,4-5,8-10H2,1H3. The molecular formula is C14H21NO2S. The Bertz CT molecular complexity index is 347. The largest absolute Gasteiger partial charge is 0.497 e. The molecule has 1 saturated carbocycles. The normalized spacial score (nSPS) is 23.9. The Morgan fingerprint density at radius 1 is 1.22 bits per heavy atom. The summed E-state index contributed by atoms with van der Waals surface area (Å²) in [5.41, 5.74) is 1.26. The molecule has 2 N–H and O–H groups in total. The molecule has 1 aliphatic carbocycles. The van der Waals surface area contributed by atoms with Crippen LogP contribution in [-0.4, -0.2) is 23.6 Å². The van der Waals surface area contributed by atoms with Crippen molar-refractivity contribution in [2.75, 3.05) is 7.11 Å². The number of benzene rings is 1. The van der Waals surface area contributed by atoms with Gasteiger partial charge in [0.1, 0.15) is 5.75 Å². The lowest BCUT2D eigenvalue weighted by molar-refractivity contribution is 0.132. The Labute approximate surface area is 113 Å². The summed E-state index contributed by atoms with van der Waals surface area (Å²) in [4.78, 5) is 0. The van der Waals surface area contributed by atoms with Crippen LogP contribution in [0.25, 0.3) is 0 Å². The first-order valence-corrected chi connectivity index (χ1v) is 7.35. The van der Waals surface area contributed by atoms with Crippen LogP contribution in [0, 0.1) is 0 Å². The topological polar surface area (TPSA) is 41.5 Å². The Morgan fingerprint density at radius 2 is 1.89 bits per heavy atom. The third kappa shape index (κ3) is 4.19. The van der Waals surface area contributed by atoms with Crippen molar-refractivity contribution in [3.63, 3.8) is 0 Å². The van der Waals surface area contributed by atoms with E-state index in [1.165, 1.54) is 5.56 Å². The first-order chi connectivity index (χ1) is 8.78. The Balaban J connectivity index is 1.68. The van der Waals surface area contributed by atoms with Crippen molar-refractivity contribution in [2.45, 2.75) is 43.6 Å². The molecule has 0 heterocycles. The highest BCUT2D eigenvalue weighted by Gasteiger charge is 2.19. The number of hydrogen-bond acceptors (Lipinski definition) is 4. The van der Waals surface area contributed by atoms with Gasteiger partial charge in [0.15, 0.2) is 0 Å². The third-order valence-corrected chi connectivity index (χ3v) is 4.44. The zero-order valence-electron chi connectivity index (χ0n) is 10.8. The van der Waals surface area contributed by atoms with Gasteiger partial charge in [0.25, 0.3) is 0 Å². The molecular weight excluding hydrogens is 246 g/mol. The molecule has 18 heavy (non-hydrogen) atoms. The molecule has 2 rings (SSSR count). The average Bonchev–Trinajstić information content (AvgIpc) is 2.42. The third-order valence-electron chi connectivity index (χ3n) is 3.33. The molecule has 0 amide bonds. The van der Waals surface area contributed by atoms with Gasteiger partial charge in [-0.25, -0.2) is 0 Å². The summed E-state index contributed by atoms with van der Waals surface area (Å²) in [5.74, 6) is 0.896. The maximum Gasteiger partial charge on any atom is 0.118 e. The molecule has 0 atom stereocenters. The zero-order valence-corrected chi connectivity index (χ0v) is 11.6. The van der Waals surface area contributed by atoms with Crippen molar-refractivity contribution < 1.29 is 9.84 Å². The number of aliphatic hydroxyl groups excluding tert-OH is 1. The summed E-state index contributed by atoms with van der Waals surface area (Å²) >= 11 is 1.81. The minimum Gasteiger partial charge on any atom is -0.497 e. The van der Waals surface area contributed by atoms with Crippen molar-refractivity contribution in [3.8, 4) is 5.75 Å². The second-order valence-electron chi connectivity index (χ2n) is 4.72. The number of aliphatic hydroxyl groups is 1. The zero-order chi connectivity index (χ0) is 12.8. The first-order valence-electron chi connectivity index (χ1n) is 6.47. The van der Waals surface area contributed by atoms with E-state index in [0.717, 1.165) is 38.0 Å². The summed E-state index contributed by atoms with van der Waals surface area (Å²) in [7, 11) is 1.68. The number of rotatable bonds is 5. The molecule has 0 radical (unpaired) electrons. The molecule has 0 unspecified atom stereocenters. The van der Waals surface area contributed by atoms with E-state index in [-0.39, 0.29) is 6.10 Å². The maximum atomic E-state index is 9.44. The second-order valence-corrected chi connectivity index (χ2v) is 5.91. The monoisotopic (exact) mass is 267 g/mol. The fraction of sp³-hybridized carbons (Fsp3) is 0.571. The minimum atomic E-state index is -0.0663. The van der Waals surface area contributed by atoms with E-state index in [4.69, 9.17) is 4.74 Å². The van der Waals surface area contributed by atoms with Crippen molar-refractivity contribution >= 4 is 11.9 Å². The smallest absolute Gasteiger partial charge is 0.118 e. The van der Waals surface area contributed by atoms with E-state index in [0.29, 0.717) is 5.25 Å². The van der Waals surface area contributed by atoms with E-state index < -0.39 is 0 Å². The number of methoxy groups -OCH3 is 1. The number of hydrogen-bond donors (Lipinski definition) is 2. The molecule has 3 nitrogen and oxygen atoms in total. The fourth-order valence-electron chi connectivity index (χ4n) is 2.15. The lowest BCUT2D eigenvalue weighted by atomic mass is 9.97. The van der Waals surface area contributed by atoms with Gasteiger partial charge >= 0.3 is 0 Å².